The highest BCUT2D eigenvalue weighted by Gasteiger charge is 2.06. The van der Waals surface area contributed by atoms with Crippen molar-refractivity contribution < 1.29 is 19.4 Å². The van der Waals surface area contributed by atoms with Gasteiger partial charge in [-0.25, -0.2) is 4.79 Å². The number of esters is 1. The van der Waals surface area contributed by atoms with Gasteiger partial charge in [-0.05, 0) is 6.92 Å². The Balaban J connectivity index is 3.54. The van der Waals surface area contributed by atoms with Crippen LogP contribution in [0, 0.1) is 0 Å². The van der Waals surface area contributed by atoms with Gasteiger partial charge in [0.25, 0.3) is 0 Å². The van der Waals surface area contributed by atoms with Crippen molar-refractivity contribution in [1.29, 1.82) is 0 Å². The molecule has 0 rings (SSSR count). The van der Waals surface area contributed by atoms with Crippen molar-refractivity contribution in [3.63, 3.8) is 0 Å². The fourth-order valence-electron chi connectivity index (χ4n) is 0.338. The molecule has 0 aliphatic carbocycles. The minimum atomic E-state index is -1.06. The molecule has 0 heterocycles. The zero-order chi connectivity index (χ0) is 8.85. The van der Waals surface area contributed by atoms with Gasteiger partial charge >= 0.3 is 5.97 Å². The maximum absolute atomic E-state index is 10.7. The van der Waals surface area contributed by atoms with Gasteiger partial charge in [-0.15, -0.1) is 0 Å². The number of aliphatic hydroxyl groups excluding tert-OH is 1. The summed E-state index contributed by atoms with van der Waals surface area (Å²) in [7, 11) is 1.32. The second kappa shape index (κ2) is 4.87. The average molecular weight is 160 g/mol. The molecule has 4 nitrogen and oxygen atoms in total. The molecule has 0 spiro atoms. The van der Waals surface area contributed by atoms with Crippen molar-refractivity contribution in [2.24, 2.45) is 0 Å². The normalized spacial score (nSPS) is 12.3. The lowest BCUT2D eigenvalue weighted by molar-refractivity contribution is -0.156. The molecular weight excluding hydrogens is 148 g/mol. The van der Waals surface area contributed by atoms with E-state index in [1.807, 2.05) is 0 Å². The summed E-state index contributed by atoms with van der Waals surface area (Å²) in [5, 5.41) is 8.76. The van der Waals surface area contributed by atoms with E-state index in [-0.39, 0.29) is 6.61 Å². The molecule has 1 N–H and O–H groups in total. The number of rotatable bonds is 4. The van der Waals surface area contributed by atoms with Gasteiger partial charge in [-0.2, -0.15) is 0 Å². The molecule has 0 saturated carbocycles. The van der Waals surface area contributed by atoms with Crippen molar-refractivity contribution >= 4 is 5.97 Å². The summed E-state index contributed by atoms with van der Waals surface area (Å²) in [5.41, 5.74) is 0.299. The minimum absolute atomic E-state index is 0.164. The van der Waals surface area contributed by atoms with Crippen molar-refractivity contribution in [3.8, 4) is 0 Å². The summed E-state index contributed by atoms with van der Waals surface area (Å²) in [6, 6.07) is 0. The van der Waals surface area contributed by atoms with Crippen LogP contribution in [-0.2, 0) is 14.3 Å². The van der Waals surface area contributed by atoms with Gasteiger partial charge in [0.1, 0.15) is 6.61 Å². The summed E-state index contributed by atoms with van der Waals surface area (Å²) in [5.74, 6) is -0.527. The highest BCUT2D eigenvalue weighted by Crippen LogP contribution is 1.93. The second-order valence-electron chi connectivity index (χ2n) is 2.07. The number of ether oxygens (including phenoxy) is 2. The van der Waals surface area contributed by atoms with Gasteiger partial charge in [0, 0.05) is 12.7 Å². The summed E-state index contributed by atoms with van der Waals surface area (Å²) >= 11 is 0. The molecular formula is C7H12O4. The monoisotopic (exact) mass is 160 g/mol. The Morgan fingerprint density at radius 3 is 2.64 bits per heavy atom. The fraction of sp³-hybridized carbons (Fsp3) is 0.571. The first-order chi connectivity index (χ1) is 5.07. The lowest BCUT2D eigenvalue weighted by atomic mass is 10.4. The Morgan fingerprint density at radius 1 is 1.73 bits per heavy atom. The Hall–Kier alpha value is -0.870. The standard InChI is InChI=1S/C7H12O4/c1-5(2)7(9)11-4-6(8)10-3/h6,8H,1,4H2,2-3H3. The number of hydrogen-bond donors (Lipinski definition) is 1. The zero-order valence-corrected chi connectivity index (χ0v) is 6.66. The van der Waals surface area contributed by atoms with E-state index in [1.165, 1.54) is 14.0 Å². The summed E-state index contributed by atoms with van der Waals surface area (Å²) < 4.78 is 8.97. The van der Waals surface area contributed by atoms with Gasteiger partial charge < -0.3 is 14.6 Å². The third kappa shape index (κ3) is 4.52. The SMILES string of the molecule is C=C(C)C(=O)OCC(O)OC. The van der Waals surface area contributed by atoms with Crippen LogP contribution in [0.1, 0.15) is 6.92 Å². The maximum Gasteiger partial charge on any atom is 0.333 e. The number of aliphatic hydroxyl groups is 1. The Kier molecular flexibility index (Phi) is 4.49. The summed E-state index contributed by atoms with van der Waals surface area (Å²) in [6.45, 7) is 4.73. The molecule has 0 radical (unpaired) electrons. The van der Waals surface area contributed by atoms with Gasteiger partial charge in [-0.3, -0.25) is 0 Å². The van der Waals surface area contributed by atoms with Crippen LogP contribution in [-0.4, -0.2) is 31.1 Å². The molecule has 1 unspecified atom stereocenters. The van der Waals surface area contributed by atoms with Crippen LogP contribution in [0.3, 0.4) is 0 Å². The molecule has 4 heteroatoms. The predicted octanol–water partition coefficient (Wildman–Crippen LogP) is 0.0705. The van der Waals surface area contributed by atoms with Gasteiger partial charge in [0.2, 0.25) is 0 Å². The third-order valence-corrected chi connectivity index (χ3v) is 0.978. The molecule has 0 aliphatic rings. The molecule has 0 fully saturated rings. The van der Waals surface area contributed by atoms with Crippen LogP contribution < -0.4 is 0 Å². The van der Waals surface area contributed by atoms with Crippen LogP contribution in [0.15, 0.2) is 12.2 Å². The van der Waals surface area contributed by atoms with E-state index in [1.54, 1.807) is 0 Å². The Morgan fingerprint density at radius 2 is 2.27 bits per heavy atom. The van der Waals surface area contributed by atoms with Crippen LogP contribution in [0.5, 0.6) is 0 Å². The maximum atomic E-state index is 10.7. The smallest absolute Gasteiger partial charge is 0.333 e. The van der Waals surface area contributed by atoms with E-state index in [0.29, 0.717) is 5.57 Å². The van der Waals surface area contributed by atoms with Crippen LogP contribution >= 0.6 is 0 Å². The van der Waals surface area contributed by atoms with E-state index in [2.05, 4.69) is 16.1 Å². The first kappa shape index (κ1) is 10.1. The molecule has 0 aliphatic heterocycles. The summed E-state index contributed by atoms with van der Waals surface area (Å²) in [6.07, 6.45) is -1.06. The second-order valence-corrected chi connectivity index (χ2v) is 2.07. The molecule has 1 atom stereocenters. The molecule has 0 aromatic heterocycles. The largest absolute Gasteiger partial charge is 0.457 e. The average Bonchev–Trinajstić information content (AvgIpc) is 1.99. The highest BCUT2D eigenvalue weighted by molar-refractivity contribution is 5.86. The third-order valence-electron chi connectivity index (χ3n) is 0.978. The predicted molar refractivity (Wildman–Crippen MR) is 38.8 cm³/mol. The topological polar surface area (TPSA) is 55.8 Å². The molecule has 11 heavy (non-hydrogen) atoms. The molecule has 0 aromatic rings. The van der Waals surface area contributed by atoms with E-state index in [4.69, 9.17) is 5.11 Å². The lowest BCUT2D eigenvalue weighted by Crippen LogP contribution is -2.20. The van der Waals surface area contributed by atoms with Crippen molar-refractivity contribution in [2.45, 2.75) is 13.2 Å². The first-order valence-electron chi connectivity index (χ1n) is 3.11. The zero-order valence-electron chi connectivity index (χ0n) is 6.66. The molecule has 0 amide bonds. The highest BCUT2D eigenvalue weighted by atomic mass is 16.6. The number of carbonyl (C=O) groups excluding carboxylic acids is 1. The van der Waals surface area contributed by atoms with E-state index < -0.39 is 12.3 Å². The van der Waals surface area contributed by atoms with Crippen LogP contribution in [0.2, 0.25) is 0 Å². The molecule has 64 valence electrons. The fourth-order valence-corrected chi connectivity index (χ4v) is 0.338. The lowest BCUT2D eigenvalue weighted by Gasteiger charge is -2.08. The van der Waals surface area contributed by atoms with Gasteiger partial charge in [-0.1, -0.05) is 6.58 Å². The molecule has 0 saturated heterocycles. The minimum Gasteiger partial charge on any atom is -0.457 e. The van der Waals surface area contributed by atoms with Crippen molar-refractivity contribution in [1.82, 2.24) is 0 Å². The van der Waals surface area contributed by atoms with Crippen molar-refractivity contribution in [2.75, 3.05) is 13.7 Å². The van der Waals surface area contributed by atoms with Crippen molar-refractivity contribution in [3.05, 3.63) is 12.2 Å². The number of methoxy groups -OCH3 is 1. The Bertz CT molecular complexity index is 153. The number of carbonyl (C=O) groups is 1. The van der Waals surface area contributed by atoms with E-state index in [9.17, 15) is 4.79 Å². The molecule has 0 bridgehead atoms. The van der Waals surface area contributed by atoms with Gasteiger partial charge in [0.15, 0.2) is 6.29 Å². The van der Waals surface area contributed by atoms with Gasteiger partial charge in [0.05, 0.1) is 0 Å². The van der Waals surface area contributed by atoms with E-state index >= 15 is 0 Å². The summed E-state index contributed by atoms with van der Waals surface area (Å²) in [4.78, 5) is 10.7. The Labute approximate surface area is 65.4 Å². The van der Waals surface area contributed by atoms with Crippen LogP contribution in [0.4, 0.5) is 0 Å². The van der Waals surface area contributed by atoms with Crippen LogP contribution in [0.25, 0.3) is 0 Å². The van der Waals surface area contributed by atoms with E-state index in [0.717, 1.165) is 0 Å². The first-order valence-corrected chi connectivity index (χ1v) is 3.11. The quantitative estimate of drug-likeness (QED) is 0.359. The number of hydrogen-bond acceptors (Lipinski definition) is 4. The molecule has 0 aromatic carbocycles.